The summed E-state index contributed by atoms with van der Waals surface area (Å²) in [4.78, 5) is 0. The van der Waals surface area contributed by atoms with Gasteiger partial charge in [0.2, 0.25) is 0 Å². The van der Waals surface area contributed by atoms with E-state index in [1.165, 1.54) is 12.0 Å². The Morgan fingerprint density at radius 3 is 2.00 bits per heavy atom. The third kappa shape index (κ3) is 2.17. The maximum absolute atomic E-state index is 3.97. The largest absolute Gasteiger partial charge is 0.0999 e. The van der Waals surface area contributed by atoms with E-state index in [2.05, 4.69) is 41.2 Å². The molecule has 0 spiro atoms. The van der Waals surface area contributed by atoms with Crippen molar-refractivity contribution in [3.63, 3.8) is 0 Å². The van der Waals surface area contributed by atoms with Gasteiger partial charge in [-0.1, -0.05) is 46.3 Å². The van der Waals surface area contributed by atoms with Crippen LogP contribution in [-0.2, 0) is 0 Å². The van der Waals surface area contributed by atoms with E-state index >= 15 is 0 Å². The van der Waals surface area contributed by atoms with E-state index in [1.807, 2.05) is 0 Å². The third-order valence-corrected chi connectivity index (χ3v) is 2.82. The average molecular weight is 140 g/mol. The maximum atomic E-state index is 3.97. The summed E-state index contributed by atoms with van der Waals surface area (Å²) in [6, 6.07) is 0. The van der Waals surface area contributed by atoms with Crippen molar-refractivity contribution in [1.29, 1.82) is 0 Å². The van der Waals surface area contributed by atoms with Gasteiger partial charge < -0.3 is 0 Å². The minimum atomic E-state index is 0.422. The molecule has 0 heterocycles. The molecule has 60 valence electrons. The van der Waals surface area contributed by atoms with Crippen LogP contribution >= 0.6 is 0 Å². The Kier molecular flexibility index (Phi) is 3.14. The third-order valence-electron chi connectivity index (χ3n) is 2.82. The van der Waals surface area contributed by atoms with Crippen LogP contribution in [0.1, 0.15) is 41.0 Å². The van der Waals surface area contributed by atoms with Gasteiger partial charge in [0.25, 0.3) is 0 Å². The summed E-state index contributed by atoms with van der Waals surface area (Å²) in [6.07, 6.45) is 1.22. The first-order valence-corrected chi connectivity index (χ1v) is 4.07. The zero-order valence-electron chi connectivity index (χ0n) is 7.99. The highest BCUT2D eigenvalue weighted by molar-refractivity contribution is 4.99. The monoisotopic (exact) mass is 140 g/mol. The first-order valence-electron chi connectivity index (χ1n) is 4.07. The Hall–Kier alpha value is -0.260. The van der Waals surface area contributed by atoms with Gasteiger partial charge in [-0.3, -0.25) is 0 Å². The van der Waals surface area contributed by atoms with Crippen LogP contribution in [0.2, 0.25) is 0 Å². The Morgan fingerprint density at radius 1 is 1.50 bits per heavy atom. The fourth-order valence-corrected chi connectivity index (χ4v) is 0.973. The molecular weight excluding hydrogens is 120 g/mol. The minimum Gasteiger partial charge on any atom is -0.0999 e. The average Bonchev–Trinajstić information content (AvgIpc) is 1.86. The predicted octanol–water partition coefficient (Wildman–Crippen LogP) is 3.63. The lowest BCUT2D eigenvalue weighted by atomic mass is 9.75. The van der Waals surface area contributed by atoms with E-state index < -0.39 is 0 Å². The lowest BCUT2D eigenvalue weighted by molar-refractivity contribution is 0.255. The van der Waals surface area contributed by atoms with Crippen LogP contribution in [0.25, 0.3) is 0 Å². The Balaban J connectivity index is 4.17. The van der Waals surface area contributed by atoms with Gasteiger partial charge in [0, 0.05) is 0 Å². The fraction of sp³-hybridized carbons (Fsp3) is 0.800. The first kappa shape index (κ1) is 9.74. The molecule has 0 nitrogen and oxygen atoms in total. The van der Waals surface area contributed by atoms with Crippen LogP contribution in [-0.4, -0.2) is 0 Å². The molecule has 0 saturated carbocycles. The zero-order chi connectivity index (χ0) is 8.36. The Labute approximate surface area is 65.3 Å². The Morgan fingerprint density at radius 2 is 1.90 bits per heavy atom. The molecule has 10 heavy (non-hydrogen) atoms. The molecule has 0 aliphatic rings. The van der Waals surface area contributed by atoms with Crippen molar-refractivity contribution in [2.45, 2.75) is 41.0 Å². The van der Waals surface area contributed by atoms with Crippen molar-refractivity contribution < 1.29 is 0 Å². The highest BCUT2D eigenvalue weighted by Gasteiger charge is 2.23. The van der Waals surface area contributed by atoms with E-state index in [9.17, 15) is 0 Å². The van der Waals surface area contributed by atoms with Crippen molar-refractivity contribution >= 4 is 0 Å². The van der Waals surface area contributed by atoms with E-state index in [-0.39, 0.29) is 0 Å². The number of hydrogen-bond acceptors (Lipinski definition) is 0. The van der Waals surface area contributed by atoms with Crippen LogP contribution in [0.15, 0.2) is 12.2 Å². The van der Waals surface area contributed by atoms with Crippen molar-refractivity contribution in [3.8, 4) is 0 Å². The van der Waals surface area contributed by atoms with Gasteiger partial charge in [-0.25, -0.2) is 0 Å². The van der Waals surface area contributed by atoms with E-state index in [0.717, 1.165) is 0 Å². The number of hydrogen-bond donors (Lipinski definition) is 0. The molecular formula is C10H20. The molecule has 0 aromatic heterocycles. The van der Waals surface area contributed by atoms with Gasteiger partial charge in [0.05, 0.1) is 0 Å². The SMILES string of the molecule is C=C(C)[C@H](C)C(C)(C)CC. The molecule has 0 bridgehead atoms. The lowest BCUT2D eigenvalue weighted by Crippen LogP contribution is -2.20. The predicted molar refractivity (Wildman–Crippen MR) is 48.1 cm³/mol. The molecule has 0 aromatic rings. The summed E-state index contributed by atoms with van der Waals surface area (Å²) in [5.41, 5.74) is 1.72. The molecule has 0 rings (SSSR count). The molecule has 0 heteroatoms. The minimum absolute atomic E-state index is 0.422. The topological polar surface area (TPSA) is 0 Å². The summed E-state index contributed by atoms with van der Waals surface area (Å²) in [5.74, 6) is 0.637. The second kappa shape index (κ2) is 3.23. The second-order valence-corrected chi connectivity index (χ2v) is 3.91. The summed E-state index contributed by atoms with van der Waals surface area (Å²) >= 11 is 0. The van der Waals surface area contributed by atoms with E-state index in [1.54, 1.807) is 0 Å². The summed E-state index contributed by atoms with van der Waals surface area (Å²) < 4.78 is 0. The van der Waals surface area contributed by atoms with Gasteiger partial charge >= 0.3 is 0 Å². The Bertz CT molecular complexity index is 120. The number of rotatable bonds is 3. The van der Waals surface area contributed by atoms with Gasteiger partial charge in [0.1, 0.15) is 0 Å². The van der Waals surface area contributed by atoms with Crippen LogP contribution < -0.4 is 0 Å². The highest BCUT2D eigenvalue weighted by Crippen LogP contribution is 2.33. The highest BCUT2D eigenvalue weighted by atomic mass is 14.3. The van der Waals surface area contributed by atoms with Crippen molar-refractivity contribution in [2.24, 2.45) is 11.3 Å². The van der Waals surface area contributed by atoms with Crippen LogP contribution in [0.4, 0.5) is 0 Å². The maximum Gasteiger partial charge on any atom is -0.0186 e. The normalized spacial score (nSPS) is 14.9. The van der Waals surface area contributed by atoms with Crippen LogP contribution in [0.5, 0.6) is 0 Å². The standard InChI is InChI=1S/C10H20/c1-7-10(5,6)9(4)8(2)3/h9H,2,7H2,1,3-6H3/t9-/m0/s1. The fourth-order valence-electron chi connectivity index (χ4n) is 0.973. The van der Waals surface area contributed by atoms with Gasteiger partial charge in [-0.15, -0.1) is 0 Å². The molecule has 0 aliphatic carbocycles. The van der Waals surface area contributed by atoms with Gasteiger partial charge in [-0.05, 0) is 18.3 Å². The molecule has 0 fully saturated rings. The smallest absolute Gasteiger partial charge is 0.0186 e. The lowest BCUT2D eigenvalue weighted by Gasteiger charge is -2.30. The molecule has 0 radical (unpaired) electrons. The molecule has 0 amide bonds. The first-order chi connectivity index (χ1) is 4.41. The molecule has 0 aliphatic heterocycles. The molecule has 0 unspecified atom stereocenters. The molecule has 0 N–H and O–H groups in total. The van der Waals surface area contributed by atoms with Crippen molar-refractivity contribution in [2.75, 3.05) is 0 Å². The van der Waals surface area contributed by atoms with Crippen LogP contribution in [0, 0.1) is 11.3 Å². The van der Waals surface area contributed by atoms with Gasteiger partial charge in [0.15, 0.2) is 0 Å². The summed E-state index contributed by atoms with van der Waals surface area (Å²) in [6.45, 7) is 15.2. The van der Waals surface area contributed by atoms with Crippen molar-refractivity contribution in [1.82, 2.24) is 0 Å². The molecule has 0 aromatic carbocycles. The molecule has 1 atom stereocenters. The van der Waals surface area contributed by atoms with Gasteiger partial charge in [-0.2, -0.15) is 0 Å². The summed E-state index contributed by atoms with van der Waals surface area (Å²) in [5, 5.41) is 0. The second-order valence-electron chi connectivity index (χ2n) is 3.91. The van der Waals surface area contributed by atoms with E-state index in [4.69, 9.17) is 0 Å². The number of allylic oxidation sites excluding steroid dienone is 1. The summed E-state index contributed by atoms with van der Waals surface area (Å²) in [7, 11) is 0. The zero-order valence-corrected chi connectivity index (χ0v) is 7.99. The van der Waals surface area contributed by atoms with E-state index in [0.29, 0.717) is 11.3 Å². The quantitative estimate of drug-likeness (QED) is 0.525. The molecule has 0 saturated heterocycles. The van der Waals surface area contributed by atoms with Crippen molar-refractivity contribution in [3.05, 3.63) is 12.2 Å². The van der Waals surface area contributed by atoms with Crippen LogP contribution in [0.3, 0.4) is 0 Å².